The van der Waals surface area contributed by atoms with Gasteiger partial charge < -0.3 is 15.7 Å². The first-order valence-corrected chi connectivity index (χ1v) is 8.73. The maximum Gasteiger partial charge on any atom is 0.315 e. The zero-order chi connectivity index (χ0) is 16.1. The maximum absolute atomic E-state index is 12.2. The molecule has 1 heterocycles. The van der Waals surface area contributed by atoms with Crippen LogP contribution in [0.5, 0.6) is 0 Å². The number of nitrogens with one attached hydrogen (secondary N) is 2. The average molecular weight is 317 g/mol. The third kappa shape index (κ3) is 4.24. The van der Waals surface area contributed by atoms with Crippen LogP contribution in [0, 0.1) is 0 Å². The number of aliphatic hydroxyl groups is 1. The summed E-state index contributed by atoms with van der Waals surface area (Å²) >= 11 is 0. The third-order valence-corrected chi connectivity index (χ3v) is 5.09. The summed E-state index contributed by atoms with van der Waals surface area (Å²) < 4.78 is 0. The Morgan fingerprint density at radius 2 is 1.96 bits per heavy atom. The van der Waals surface area contributed by atoms with Crippen molar-refractivity contribution in [2.75, 3.05) is 19.7 Å². The summed E-state index contributed by atoms with van der Waals surface area (Å²) in [6, 6.07) is 9.97. The van der Waals surface area contributed by atoms with Crippen LogP contribution in [0.4, 0.5) is 4.79 Å². The molecule has 126 valence electrons. The summed E-state index contributed by atoms with van der Waals surface area (Å²) in [5, 5.41) is 15.5. The summed E-state index contributed by atoms with van der Waals surface area (Å²) in [5.41, 5.74) is 0.921. The number of amides is 2. The highest BCUT2D eigenvalue weighted by atomic mass is 16.3. The zero-order valence-corrected chi connectivity index (χ0v) is 13.6. The topological polar surface area (TPSA) is 64.6 Å². The molecule has 0 bridgehead atoms. The van der Waals surface area contributed by atoms with E-state index in [-0.39, 0.29) is 24.7 Å². The van der Waals surface area contributed by atoms with E-state index >= 15 is 0 Å². The predicted octanol–water partition coefficient (Wildman–Crippen LogP) is 2.04. The van der Waals surface area contributed by atoms with Crippen molar-refractivity contribution in [2.24, 2.45) is 0 Å². The average Bonchev–Trinajstić information content (AvgIpc) is 3.24. The van der Waals surface area contributed by atoms with Gasteiger partial charge in [-0.3, -0.25) is 4.90 Å². The molecule has 0 spiro atoms. The van der Waals surface area contributed by atoms with Crippen LogP contribution in [0.2, 0.25) is 0 Å². The van der Waals surface area contributed by atoms with Crippen molar-refractivity contribution in [2.45, 2.75) is 50.2 Å². The number of nitrogens with zero attached hydrogens (tertiary/aromatic N) is 1. The van der Waals surface area contributed by atoms with E-state index in [4.69, 9.17) is 0 Å². The SMILES string of the molecule is O=C(NC1CCN(C2CCCC2)C1)N[C@H](CO)c1ccccc1. The molecule has 1 aliphatic heterocycles. The van der Waals surface area contributed by atoms with Crippen LogP contribution in [0.25, 0.3) is 0 Å². The predicted molar refractivity (Wildman–Crippen MR) is 90.2 cm³/mol. The van der Waals surface area contributed by atoms with Gasteiger partial charge in [-0.1, -0.05) is 43.2 Å². The van der Waals surface area contributed by atoms with Gasteiger partial charge in [0, 0.05) is 25.2 Å². The van der Waals surface area contributed by atoms with Gasteiger partial charge in [-0.05, 0) is 24.8 Å². The highest BCUT2D eigenvalue weighted by Crippen LogP contribution is 2.26. The van der Waals surface area contributed by atoms with Gasteiger partial charge >= 0.3 is 6.03 Å². The minimum Gasteiger partial charge on any atom is -0.394 e. The lowest BCUT2D eigenvalue weighted by Gasteiger charge is -2.24. The molecule has 5 heteroatoms. The molecular formula is C18H27N3O2. The molecule has 1 aromatic rings. The van der Waals surface area contributed by atoms with Crippen LogP contribution in [0.3, 0.4) is 0 Å². The summed E-state index contributed by atoms with van der Waals surface area (Å²) in [7, 11) is 0. The molecule has 0 aromatic heterocycles. The Hall–Kier alpha value is -1.59. The fraction of sp³-hybridized carbons (Fsp3) is 0.611. The van der Waals surface area contributed by atoms with Crippen molar-refractivity contribution in [3.63, 3.8) is 0 Å². The molecule has 0 radical (unpaired) electrons. The summed E-state index contributed by atoms with van der Waals surface area (Å²) in [5.74, 6) is 0. The van der Waals surface area contributed by atoms with Crippen LogP contribution in [-0.4, -0.2) is 47.8 Å². The van der Waals surface area contributed by atoms with Crippen molar-refractivity contribution in [3.05, 3.63) is 35.9 Å². The third-order valence-electron chi connectivity index (χ3n) is 5.09. The van der Waals surface area contributed by atoms with E-state index in [2.05, 4.69) is 15.5 Å². The molecule has 1 aliphatic carbocycles. The minimum atomic E-state index is -0.358. The molecule has 3 rings (SSSR count). The van der Waals surface area contributed by atoms with Crippen molar-refractivity contribution >= 4 is 6.03 Å². The lowest BCUT2D eigenvalue weighted by molar-refractivity contribution is 0.211. The number of likely N-dealkylation sites (tertiary alicyclic amines) is 1. The van der Waals surface area contributed by atoms with Crippen LogP contribution >= 0.6 is 0 Å². The number of aliphatic hydroxyl groups excluding tert-OH is 1. The molecule has 2 amide bonds. The number of hydrogen-bond donors (Lipinski definition) is 3. The van der Waals surface area contributed by atoms with Gasteiger partial charge in [-0.2, -0.15) is 0 Å². The van der Waals surface area contributed by atoms with Gasteiger partial charge in [0.05, 0.1) is 12.6 Å². The lowest BCUT2D eigenvalue weighted by atomic mass is 10.1. The first-order chi connectivity index (χ1) is 11.3. The Bertz CT molecular complexity index is 502. The van der Waals surface area contributed by atoms with E-state index < -0.39 is 0 Å². The number of hydrogen-bond acceptors (Lipinski definition) is 3. The van der Waals surface area contributed by atoms with Gasteiger partial charge in [0.15, 0.2) is 0 Å². The van der Waals surface area contributed by atoms with Crippen molar-refractivity contribution in [1.29, 1.82) is 0 Å². The standard InChI is InChI=1S/C18H27N3O2/c22-13-17(14-6-2-1-3-7-14)20-18(23)19-15-10-11-21(12-15)16-8-4-5-9-16/h1-3,6-7,15-17,22H,4-5,8-13H2,(H2,19,20,23)/t15?,17-/m1/s1. The summed E-state index contributed by atoms with van der Waals surface area (Å²) in [6.45, 7) is 1.93. The van der Waals surface area contributed by atoms with E-state index in [9.17, 15) is 9.90 Å². The van der Waals surface area contributed by atoms with Gasteiger partial charge in [-0.15, -0.1) is 0 Å². The smallest absolute Gasteiger partial charge is 0.315 e. The molecule has 1 saturated heterocycles. The fourth-order valence-corrected chi connectivity index (χ4v) is 3.81. The largest absolute Gasteiger partial charge is 0.394 e. The molecule has 2 fully saturated rings. The maximum atomic E-state index is 12.2. The zero-order valence-electron chi connectivity index (χ0n) is 13.6. The molecule has 23 heavy (non-hydrogen) atoms. The van der Waals surface area contributed by atoms with Crippen molar-refractivity contribution < 1.29 is 9.90 Å². The Kier molecular flexibility index (Phi) is 5.51. The minimum absolute atomic E-state index is 0.101. The van der Waals surface area contributed by atoms with Crippen LogP contribution < -0.4 is 10.6 Å². The van der Waals surface area contributed by atoms with Crippen LogP contribution in [0.1, 0.15) is 43.7 Å². The van der Waals surface area contributed by atoms with Gasteiger partial charge in [0.1, 0.15) is 0 Å². The first-order valence-electron chi connectivity index (χ1n) is 8.73. The van der Waals surface area contributed by atoms with E-state index in [1.165, 1.54) is 25.7 Å². The highest BCUT2D eigenvalue weighted by molar-refractivity contribution is 5.74. The Morgan fingerprint density at radius 1 is 1.22 bits per heavy atom. The second-order valence-corrected chi connectivity index (χ2v) is 6.68. The number of carbonyl (C=O) groups is 1. The molecular weight excluding hydrogens is 290 g/mol. The van der Waals surface area contributed by atoms with E-state index in [1.54, 1.807) is 0 Å². The Labute approximate surface area is 138 Å². The van der Waals surface area contributed by atoms with Crippen molar-refractivity contribution in [3.8, 4) is 0 Å². The number of urea groups is 1. The Morgan fingerprint density at radius 3 is 2.65 bits per heavy atom. The summed E-state index contributed by atoms with van der Waals surface area (Å²) in [4.78, 5) is 14.7. The molecule has 2 aliphatic rings. The number of benzene rings is 1. The monoisotopic (exact) mass is 317 g/mol. The lowest BCUT2D eigenvalue weighted by Crippen LogP contribution is -2.45. The quantitative estimate of drug-likeness (QED) is 0.778. The molecule has 5 nitrogen and oxygen atoms in total. The van der Waals surface area contributed by atoms with Crippen LogP contribution in [-0.2, 0) is 0 Å². The van der Waals surface area contributed by atoms with Gasteiger partial charge in [0.2, 0.25) is 0 Å². The Balaban J connectivity index is 1.47. The van der Waals surface area contributed by atoms with Gasteiger partial charge in [-0.25, -0.2) is 4.79 Å². The fourth-order valence-electron chi connectivity index (χ4n) is 3.81. The molecule has 1 aromatic carbocycles. The molecule has 2 atom stereocenters. The first kappa shape index (κ1) is 16.3. The second kappa shape index (κ2) is 7.79. The van der Waals surface area contributed by atoms with E-state index in [1.807, 2.05) is 30.3 Å². The molecule has 1 unspecified atom stereocenters. The van der Waals surface area contributed by atoms with Crippen LogP contribution in [0.15, 0.2) is 30.3 Å². The molecule has 1 saturated carbocycles. The second-order valence-electron chi connectivity index (χ2n) is 6.68. The normalized spacial score (nSPS) is 23.8. The summed E-state index contributed by atoms with van der Waals surface area (Å²) in [6.07, 6.45) is 6.31. The number of carbonyl (C=O) groups excluding carboxylic acids is 1. The van der Waals surface area contributed by atoms with Gasteiger partial charge in [0.25, 0.3) is 0 Å². The van der Waals surface area contributed by atoms with E-state index in [0.717, 1.165) is 31.1 Å². The number of rotatable bonds is 5. The van der Waals surface area contributed by atoms with E-state index in [0.29, 0.717) is 0 Å². The van der Waals surface area contributed by atoms with Crippen molar-refractivity contribution in [1.82, 2.24) is 15.5 Å². The highest BCUT2D eigenvalue weighted by Gasteiger charge is 2.30. The molecule has 3 N–H and O–H groups in total.